The number of hydrogen-bond donors (Lipinski definition) is 2. The van der Waals surface area contributed by atoms with Crippen LogP contribution in [0.15, 0.2) is 24.3 Å². The van der Waals surface area contributed by atoms with Crippen LogP contribution in [0.25, 0.3) is 0 Å². The predicted octanol–water partition coefficient (Wildman–Crippen LogP) is 2.17. The molecule has 1 amide bonds. The van der Waals surface area contributed by atoms with Gasteiger partial charge in [-0.15, -0.1) is 12.4 Å². The first-order valence-electron chi connectivity index (χ1n) is 6.89. The van der Waals surface area contributed by atoms with Gasteiger partial charge in [-0.05, 0) is 37.1 Å². The molecule has 0 aliphatic rings. The highest BCUT2D eigenvalue weighted by Crippen LogP contribution is 2.14. The lowest BCUT2D eigenvalue weighted by molar-refractivity contribution is -0.119. The zero-order valence-corrected chi connectivity index (χ0v) is 13.1. The van der Waals surface area contributed by atoms with E-state index in [-0.39, 0.29) is 18.3 Å². The number of likely N-dealkylation sites (N-methyl/N-ethyl adjacent to an activating group) is 1. The number of carbonyl (C=O) groups is 1. The molecule has 0 saturated heterocycles. The van der Waals surface area contributed by atoms with Gasteiger partial charge in [-0.1, -0.05) is 25.5 Å². The maximum absolute atomic E-state index is 11.0. The molecule has 0 aliphatic heterocycles. The second kappa shape index (κ2) is 11.6. The van der Waals surface area contributed by atoms with Crippen molar-refractivity contribution in [1.29, 1.82) is 0 Å². The highest BCUT2D eigenvalue weighted by molar-refractivity contribution is 5.85. The van der Waals surface area contributed by atoms with Gasteiger partial charge in [0.15, 0.2) is 0 Å². The molecule has 0 fully saturated rings. The molecule has 0 aliphatic carbocycles. The molecule has 1 rings (SSSR count). The van der Waals surface area contributed by atoms with Gasteiger partial charge in [0.25, 0.3) is 0 Å². The minimum atomic E-state index is 0. The highest BCUT2D eigenvalue weighted by Gasteiger charge is 1.99. The summed E-state index contributed by atoms with van der Waals surface area (Å²) >= 11 is 0. The summed E-state index contributed by atoms with van der Waals surface area (Å²) in [6.45, 7) is 4.07. The summed E-state index contributed by atoms with van der Waals surface area (Å²) in [6.07, 6.45) is 3.11. The zero-order valence-electron chi connectivity index (χ0n) is 12.3. The van der Waals surface area contributed by atoms with Crippen molar-refractivity contribution in [2.45, 2.75) is 26.2 Å². The Hall–Kier alpha value is -1.26. The summed E-state index contributed by atoms with van der Waals surface area (Å²) in [6, 6.07) is 8.14. The van der Waals surface area contributed by atoms with E-state index < -0.39 is 0 Å². The van der Waals surface area contributed by atoms with Gasteiger partial charge in [-0.3, -0.25) is 4.79 Å². The van der Waals surface area contributed by atoms with E-state index in [1.807, 2.05) is 12.1 Å². The van der Waals surface area contributed by atoms with E-state index in [1.54, 1.807) is 7.05 Å². The topological polar surface area (TPSA) is 50.4 Å². The standard InChI is InChI=1S/C15H24N2O2.ClH/c1-3-4-10-19-14-7-5-6-13(11-14)8-9-17-12-15(18)16-2;/h5-7,11,17H,3-4,8-10,12H2,1-2H3,(H,16,18);1H. The van der Waals surface area contributed by atoms with Crippen molar-refractivity contribution >= 4 is 18.3 Å². The number of ether oxygens (including phenoxy) is 1. The minimum absolute atomic E-state index is 0. The van der Waals surface area contributed by atoms with Gasteiger partial charge in [0.05, 0.1) is 13.2 Å². The number of nitrogens with one attached hydrogen (secondary N) is 2. The zero-order chi connectivity index (χ0) is 13.9. The first kappa shape index (κ1) is 18.7. The van der Waals surface area contributed by atoms with Crippen molar-refractivity contribution in [3.05, 3.63) is 29.8 Å². The quantitative estimate of drug-likeness (QED) is 0.687. The Labute approximate surface area is 127 Å². The smallest absolute Gasteiger partial charge is 0.233 e. The number of hydrogen-bond acceptors (Lipinski definition) is 3. The van der Waals surface area contributed by atoms with Crippen LogP contribution < -0.4 is 15.4 Å². The third kappa shape index (κ3) is 8.02. The average molecular weight is 301 g/mol. The van der Waals surface area contributed by atoms with Crippen LogP contribution in [-0.4, -0.2) is 32.7 Å². The molecule has 5 heteroatoms. The molecule has 0 saturated carbocycles. The van der Waals surface area contributed by atoms with Crippen LogP contribution in [0.3, 0.4) is 0 Å². The monoisotopic (exact) mass is 300 g/mol. The average Bonchev–Trinajstić information content (AvgIpc) is 2.44. The Bertz CT molecular complexity index is 386. The third-order valence-electron chi connectivity index (χ3n) is 2.82. The normalized spacial score (nSPS) is 9.70. The van der Waals surface area contributed by atoms with Crippen molar-refractivity contribution in [2.75, 3.05) is 26.7 Å². The number of halogens is 1. The number of carbonyl (C=O) groups excluding carboxylic acids is 1. The van der Waals surface area contributed by atoms with Crippen LogP contribution in [0, 0.1) is 0 Å². The number of rotatable bonds is 9. The van der Waals surface area contributed by atoms with Gasteiger partial charge in [-0.25, -0.2) is 0 Å². The fourth-order valence-corrected chi connectivity index (χ4v) is 1.65. The Morgan fingerprint density at radius 2 is 2.15 bits per heavy atom. The molecule has 0 unspecified atom stereocenters. The van der Waals surface area contributed by atoms with Crippen molar-refractivity contribution < 1.29 is 9.53 Å². The fraction of sp³-hybridized carbons (Fsp3) is 0.533. The molecule has 4 nitrogen and oxygen atoms in total. The summed E-state index contributed by atoms with van der Waals surface area (Å²) < 4.78 is 5.66. The molecule has 0 heterocycles. The molecule has 0 bridgehead atoms. The molecule has 20 heavy (non-hydrogen) atoms. The lowest BCUT2D eigenvalue weighted by atomic mass is 10.1. The molecule has 0 atom stereocenters. The van der Waals surface area contributed by atoms with Gasteiger partial charge in [0.2, 0.25) is 5.91 Å². The summed E-state index contributed by atoms with van der Waals surface area (Å²) in [7, 11) is 1.64. The molecule has 0 spiro atoms. The first-order valence-corrected chi connectivity index (χ1v) is 6.89. The third-order valence-corrected chi connectivity index (χ3v) is 2.82. The molecule has 0 radical (unpaired) electrons. The number of amides is 1. The van der Waals surface area contributed by atoms with E-state index in [1.165, 1.54) is 5.56 Å². The second-order valence-electron chi connectivity index (χ2n) is 4.45. The molecular weight excluding hydrogens is 276 g/mol. The Morgan fingerprint density at radius 1 is 1.35 bits per heavy atom. The fourth-order valence-electron chi connectivity index (χ4n) is 1.65. The Morgan fingerprint density at radius 3 is 2.85 bits per heavy atom. The van der Waals surface area contributed by atoms with Crippen molar-refractivity contribution in [3.63, 3.8) is 0 Å². The minimum Gasteiger partial charge on any atom is -0.494 e. The van der Waals surface area contributed by atoms with E-state index in [0.717, 1.165) is 38.2 Å². The van der Waals surface area contributed by atoms with E-state index in [0.29, 0.717) is 6.54 Å². The summed E-state index contributed by atoms with van der Waals surface area (Å²) in [5.74, 6) is 0.939. The molecule has 1 aromatic carbocycles. The van der Waals surface area contributed by atoms with Gasteiger partial charge < -0.3 is 15.4 Å². The van der Waals surface area contributed by atoms with E-state index in [2.05, 4.69) is 29.7 Å². The maximum atomic E-state index is 11.0. The van der Waals surface area contributed by atoms with Crippen LogP contribution >= 0.6 is 12.4 Å². The van der Waals surface area contributed by atoms with Gasteiger partial charge in [0, 0.05) is 7.05 Å². The maximum Gasteiger partial charge on any atom is 0.233 e. The SMILES string of the molecule is CCCCOc1cccc(CCNCC(=O)NC)c1.Cl. The van der Waals surface area contributed by atoms with Crippen LogP contribution in [0.1, 0.15) is 25.3 Å². The summed E-state index contributed by atoms with van der Waals surface area (Å²) in [5.41, 5.74) is 1.22. The summed E-state index contributed by atoms with van der Waals surface area (Å²) in [4.78, 5) is 11.0. The van der Waals surface area contributed by atoms with E-state index in [4.69, 9.17) is 4.74 Å². The van der Waals surface area contributed by atoms with Gasteiger partial charge in [-0.2, -0.15) is 0 Å². The number of unbranched alkanes of at least 4 members (excludes halogenated alkanes) is 1. The second-order valence-corrected chi connectivity index (χ2v) is 4.45. The largest absolute Gasteiger partial charge is 0.494 e. The summed E-state index contributed by atoms with van der Waals surface area (Å²) in [5, 5.41) is 5.68. The molecule has 114 valence electrons. The first-order chi connectivity index (χ1) is 9.26. The van der Waals surface area contributed by atoms with E-state index >= 15 is 0 Å². The van der Waals surface area contributed by atoms with Crippen LogP contribution in [0.2, 0.25) is 0 Å². The highest BCUT2D eigenvalue weighted by atomic mass is 35.5. The van der Waals surface area contributed by atoms with Gasteiger partial charge >= 0.3 is 0 Å². The van der Waals surface area contributed by atoms with E-state index in [9.17, 15) is 4.79 Å². The predicted molar refractivity (Wildman–Crippen MR) is 84.7 cm³/mol. The van der Waals surface area contributed by atoms with Crippen molar-refractivity contribution in [1.82, 2.24) is 10.6 Å². The lowest BCUT2D eigenvalue weighted by Gasteiger charge is -2.08. The van der Waals surface area contributed by atoms with Crippen LogP contribution in [-0.2, 0) is 11.2 Å². The van der Waals surface area contributed by atoms with Crippen LogP contribution in [0.4, 0.5) is 0 Å². The molecule has 0 aromatic heterocycles. The van der Waals surface area contributed by atoms with Gasteiger partial charge in [0.1, 0.15) is 5.75 Å². The molecular formula is C15H25ClN2O2. The molecule has 2 N–H and O–H groups in total. The molecule has 1 aromatic rings. The van der Waals surface area contributed by atoms with Crippen LogP contribution in [0.5, 0.6) is 5.75 Å². The lowest BCUT2D eigenvalue weighted by Crippen LogP contribution is -2.32. The Balaban J connectivity index is 0.00000361. The van der Waals surface area contributed by atoms with Crippen molar-refractivity contribution in [3.8, 4) is 5.75 Å². The Kier molecular flexibility index (Phi) is 10.8. The van der Waals surface area contributed by atoms with Crippen molar-refractivity contribution in [2.24, 2.45) is 0 Å². The number of benzene rings is 1.